The highest BCUT2D eigenvalue weighted by Gasteiger charge is 2.27. The molecule has 0 radical (unpaired) electrons. The fraction of sp³-hybridized carbons (Fsp3) is 0.158. The van der Waals surface area contributed by atoms with Gasteiger partial charge in [-0.3, -0.25) is 14.2 Å². The monoisotopic (exact) mass is 375 g/mol. The molecule has 7 heteroatoms. The van der Waals surface area contributed by atoms with E-state index in [1.165, 1.54) is 47.9 Å². The number of hydrogen-bond acceptors (Lipinski definition) is 3. The second-order valence-electron chi connectivity index (χ2n) is 6.03. The lowest BCUT2D eigenvalue weighted by atomic mass is 9.98. The third-order valence-electron chi connectivity index (χ3n) is 4.42. The average molecular weight is 376 g/mol. The minimum atomic E-state index is -1.06. The molecular formula is C19H15ClFNO4. The van der Waals surface area contributed by atoms with Crippen molar-refractivity contribution in [2.45, 2.75) is 19.8 Å². The Kier molecular flexibility index (Phi) is 4.46. The molecule has 1 unspecified atom stereocenters. The van der Waals surface area contributed by atoms with Gasteiger partial charge < -0.3 is 10.2 Å². The quantitative estimate of drug-likeness (QED) is 0.714. The molecule has 26 heavy (non-hydrogen) atoms. The smallest absolute Gasteiger partial charge is 0.310 e. The summed E-state index contributed by atoms with van der Waals surface area (Å²) in [5.41, 5.74) is 1.45. The van der Waals surface area contributed by atoms with Crippen molar-refractivity contribution in [1.29, 1.82) is 0 Å². The summed E-state index contributed by atoms with van der Waals surface area (Å²) < 4.78 is 14.5. The van der Waals surface area contributed by atoms with Gasteiger partial charge in [-0.05, 0) is 55.8 Å². The van der Waals surface area contributed by atoms with Gasteiger partial charge in [-0.15, -0.1) is 0 Å². The maximum atomic E-state index is 13.2. The molecule has 0 aliphatic carbocycles. The maximum Gasteiger partial charge on any atom is 0.310 e. The van der Waals surface area contributed by atoms with Crippen LogP contribution in [0.5, 0.6) is 5.75 Å². The maximum absolute atomic E-state index is 13.2. The van der Waals surface area contributed by atoms with Crippen LogP contribution in [-0.4, -0.2) is 26.7 Å². The summed E-state index contributed by atoms with van der Waals surface area (Å²) in [5.74, 6) is -3.08. The van der Waals surface area contributed by atoms with Crippen molar-refractivity contribution in [2.24, 2.45) is 0 Å². The van der Waals surface area contributed by atoms with Crippen LogP contribution in [0.1, 0.15) is 34.5 Å². The summed E-state index contributed by atoms with van der Waals surface area (Å²) in [6, 6.07) is 7.82. The zero-order valence-electron chi connectivity index (χ0n) is 14.0. The van der Waals surface area contributed by atoms with E-state index in [0.717, 1.165) is 0 Å². The molecule has 1 aromatic heterocycles. The molecule has 1 heterocycles. The van der Waals surface area contributed by atoms with E-state index < -0.39 is 23.6 Å². The number of benzene rings is 2. The Morgan fingerprint density at radius 3 is 2.38 bits per heavy atom. The number of carbonyl (C=O) groups is 2. The first kappa shape index (κ1) is 17.9. The standard InChI is InChI=1S/C19H15ClFNO4/c1-9(19(25)26)17-10(2)22(15-8-14(20)16(23)7-13(15)17)18(24)11-3-5-12(21)6-4-11/h3-9,23H,1-2H3,(H,25,26). The molecule has 0 spiro atoms. The number of halogens is 2. The first-order valence-corrected chi connectivity index (χ1v) is 8.16. The van der Waals surface area contributed by atoms with Gasteiger partial charge in [0.1, 0.15) is 11.6 Å². The summed E-state index contributed by atoms with van der Waals surface area (Å²) in [6.07, 6.45) is 0. The van der Waals surface area contributed by atoms with Gasteiger partial charge in [-0.1, -0.05) is 11.6 Å². The van der Waals surface area contributed by atoms with Crippen LogP contribution >= 0.6 is 11.6 Å². The number of carbonyl (C=O) groups excluding carboxylic acids is 1. The van der Waals surface area contributed by atoms with Crippen LogP contribution in [0.4, 0.5) is 4.39 Å². The molecule has 5 nitrogen and oxygen atoms in total. The normalized spacial score (nSPS) is 12.3. The molecule has 3 rings (SSSR count). The number of nitrogens with zero attached hydrogens (tertiary/aromatic N) is 1. The zero-order chi connectivity index (χ0) is 19.2. The van der Waals surface area contributed by atoms with Crippen LogP contribution in [0, 0.1) is 12.7 Å². The van der Waals surface area contributed by atoms with Crippen LogP contribution in [-0.2, 0) is 4.79 Å². The van der Waals surface area contributed by atoms with E-state index in [-0.39, 0.29) is 16.3 Å². The number of carboxylic acid groups (broad SMARTS) is 1. The average Bonchev–Trinajstić information content (AvgIpc) is 2.85. The lowest BCUT2D eigenvalue weighted by Crippen LogP contribution is -2.15. The predicted molar refractivity (Wildman–Crippen MR) is 95.5 cm³/mol. The summed E-state index contributed by atoms with van der Waals surface area (Å²) in [5, 5.41) is 19.8. The van der Waals surface area contributed by atoms with Crippen molar-refractivity contribution in [1.82, 2.24) is 4.57 Å². The number of hydrogen-bond donors (Lipinski definition) is 2. The fourth-order valence-corrected chi connectivity index (χ4v) is 3.26. The number of phenolic OH excluding ortho intramolecular Hbond substituents is 1. The van der Waals surface area contributed by atoms with Crippen molar-refractivity contribution in [2.75, 3.05) is 0 Å². The topological polar surface area (TPSA) is 79.5 Å². The highest BCUT2D eigenvalue weighted by Crippen LogP contribution is 2.37. The summed E-state index contributed by atoms with van der Waals surface area (Å²) in [6.45, 7) is 3.13. The molecule has 0 saturated heterocycles. The Bertz CT molecular complexity index is 1040. The predicted octanol–water partition coefficient (Wildman–Crippen LogP) is 4.32. The van der Waals surface area contributed by atoms with Crippen LogP contribution in [0.3, 0.4) is 0 Å². The molecule has 0 bridgehead atoms. The van der Waals surface area contributed by atoms with Crippen LogP contribution < -0.4 is 0 Å². The largest absolute Gasteiger partial charge is 0.506 e. The minimum Gasteiger partial charge on any atom is -0.506 e. The first-order valence-electron chi connectivity index (χ1n) is 7.79. The Hall–Kier alpha value is -2.86. The van der Waals surface area contributed by atoms with Gasteiger partial charge in [-0.2, -0.15) is 0 Å². The van der Waals surface area contributed by atoms with Crippen molar-refractivity contribution >= 4 is 34.4 Å². The summed E-state index contributed by atoms with van der Waals surface area (Å²) in [7, 11) is 0. The van der Waals surface area contributed by atoms with E-state index in [9.17, 15) is 24.2 Å². The Labute approximate surface area is 153 Å². The van der Waals surface area contributed by atoms with Gasteiger partial charge >= 0.3 is 5.97 Å². The molecule has 0 aliphatic rings. The van der Waals surface area contributed by atoms with Crippen molar-refractivity contribution < 1.29 is 24.2 Å². The Morgan fingerprint density at radius 2 is 1.81 bits per heavy atom. The van der Waals surface area contributed by atoms with E-state index in [2.05, 4.69) is 0 Å². The molecule has 134 valence electrons. The van der Waals surface area contributed by atoms with E-state index in [0.29, 0.717) is 22.2 Å². The van der Waals surface area contributed by atoms with Crippen LogP contribution in [0.25, 0.3) is 10.9 Å². The van der Waals surface area contributed by atoms with E-state index in [4.69, 9.17) is 11.6 Å². The van der Waals surface area contributed by atoms with E-state index >= 15 is 0 Å². The molecular weight excluding hydrogens is 361 g/mol. The number of fused-ring (bicyclic) bond motifs is 1. The molecule has 0 fully saturated rings. The van der Waals surface area contributed by atoms with Gasteiger partial charge in [0, 0.05) is 16.6 Å². The van der Waals surface area contributed by atoms with Crippen LogP contribution in [0.15, 0.2) is 36.4 Å². The number of aliphatic carboxylic acids is 1. The minimum absolute atomic E-state index is 0.0395. The molecule has 0 saturated carbocycles. The van der Waals surface area contributed by atoms with Crippen molar-refractivity contribution in [3.8, 4) is 5.75 Å². The van der Waals surface area contributed by atoms with Gasteiger partial charge in [0.2, 0.25) is 0 Å². The summed E-state index contributed by atoms with van der Waals surface area (Å²) in [4.78, 5) is 24.5. The van der Waals surface area contributed by atoms with E-state index in [1.807, 2.05) is 0 Å². The number of carboxylic acids is 1. The molecule has 0 amide bonds. The van der Waals surface area contributed by atoms with Crippen LogP contribution in [0.2, 0.25) is 5.02 Å². The lowest BCUT2D eigenvalue weighted by Gasteiger charge is -2.09. The second kappa shape index (κ2) is 6.46. The molecule has 1 atom stereocenters. The van der Waals surface area contributed by atoms with Crippen molar-refractivity contribution in [3.05, 3.63) is 64.1 Å². The number of rotatable bonds is 3. The van der Waals surface area contributed by atoms with Gasteiger partial charge in [0.15, 0.2) is 0 Å². The van der Waals surface area contributed by atoms with Gasteiger partial charge in [0.05, 0.1) is 16.5 Å². The number of aromatic hydroxyl groups is 1. The molecule has 2 N–H and O–H groups in total. The summed E-state index contributed by atoms with van der Waals surface area (Å²) >= 11 is 5.99. The lowest BCUT2D eigenvalue weighted by molar-refractivity contribution is -0.138. The molecule has 3 aromatic rings. The third-order valence-corrected chi connectivity index (χ3v) is 4.72. The van der Waals surface area contributed by atoms with Gasteiger partial charge in [0.25, 0.3) is 5.91 Å². The number of aromatic nitrogens is 1. The second-order valence-corrected chi connectivity index (χ2v) is 6.43. The first-order chi connectivity index (χ1) is 12.2. The third kappa shape index (κ3) is 2.82. The van der Waals surface area contributed by atoms with E-state index in [1.54, 1.807) is 6.92 Å². The fourth-order valence-electron chi connectivity index (χ4n) is 3.10. The molecule has 2 aromatic carbocycles. The number of phenols is 1. The SMILES string of the molecule is Cc1c(C(C)C(=O)O)c2cc(O)c(Cl)cc2n1C(=O)c1ccc(F)cc1. The highest BCUT2D eigenvalue weighted by atomic mass is 35.5. The Balaban J connectivity index is 2.33. The zero-order valence-corrected chi connectivity index (χ0v) is 14.7. The van der Waals surface area contributed by atoms with Crippen molar-refractivity contribution in [3.63, 3.8) is 0 Å². The highest BCUT2D eigenvalue weighted by molar-refractivity contribution is 6.33. The van der Waals surface area contributed by atoms with Gasteiger partial charge in [-0.25, -0.2) is 4.39 Å². The molecule has 0 aliphatic heterocycles. The Morgan fingerprint density at radius 1 is 1.19 bits per heavy atom.